The van der Waals surface area contributed by atoms with Crippen LogP contribution in [0.3, 0.4) is 0 Å². The second-order valence-electron chi connectivity index (χ2n) is 6.07. The predicted octanol–water partition coefficient (Wildman–Crippen LogP) is 2.31. The first-order valence-electron chi connectivity index (χ1n) is 6.86. The van der Waals surface area contributed by atoms with Gasteiger partial charge < -0.3 is 15.6 Å². The SMILES string of the molecule is Cc1ccc(C)c(C(C)(C)CC(=O)O)c1OC(=O)[C@H](C)N. The number of esters is 1. The van der Waals surface area contributed by atoms with Crippen molar-refractivity contribution in [2.75, 3.05) is 0 Å². The van der Waals surface area contributed by atoms with Gasteiger partial charge in [0, 0.05) is 11.0 Å². The maximum Gasteiger partial charge on any atom is 0.328 e. The fraction of sp³-hybridized carbons (Fsp3) is 0.500. The molecule has 5 nitrogen and oxygen atoms in total. The van der Waals surface area contributed by atoms with E-state index in [-0.39, 0.29) is 6.42 Å². The monoisotopic (exact) mass is 293 g/mol. The van der Waals surface area contributed by atoms with Gasteiger partial charge in [0.15, 0.2) is 0 Å². The Balaban J connectivity index is 3.39. The molecule has 0 radical (unpaired) electrons. The van der Waals surface area contributed by atoms with Crippen LogP contribution in [-0.2, 0) is 15.0 Å². The van der Waals surface area contributed by atoms with Gasteiger partial charge in [-0.15, -0.1) is 0 Å². The lowest BCUT2D eigenvalue weighted by molar-refractivity contribution is -0.138. The van der Waals surface area contributed by atoms with Crippen molar-refractivity contribution >= 4 is 11.9 Å². The van der Waals surface area contributed by atoms with Crippen molar-refractivity contribution in [3.05, 3.63) is 28.8 Å². The van der Waals surface area contributed by atoms with Crippen molar-refractivity contribution in [2.45, 2.75) is 52.5 Å². The number of aryl methyl sites for hydroxylation is 2. The summed E-state index contributed by atoms with van der Waals surface area (Å²) in [5.41, 5.74) is 7.29. The fourth-order valence-electron chi connectivity index (χ4n) is 2.42. The molecule has 0 saturated heterocycles. The molecule has 0 heterocycles. The van der Waals surface area contributed by atoms with E-state index in [1.807, 2.05) is 39.8 Å². The normalized spacial score (nSPS) is 12.9. The lowest BCUT2D eigenvalue weighted by Crippen LogP contribution is -2.32. The number of aliphatic carboxylic acids is 1. The van der Waals surface area contributed by atoms with Crippen molar-refractivity contribution < 1.29 is 19.4 Å². The summed E-state index contributed by atoms with van der Waals surface area (Å²) in [7, 11) is 0. The van der Waals surface area contributed by atoms with Gasteiger partial charge in [0.05, 0.1) is 6.42 Å². The summed E-state index contributed by atoms with van der Waals surface area (Å²) >= 11 is 0. The number of hydrogen-bond donors (Lipinski definition) is 2. The minimum atomic E-state index is -0.898. The van der Waals surface area contributed by atoms with E-state index in [0.29, 0.717) is 5.75 Å². The summed E-state index contributed by atoms with van der Waals surface area (Å²) in [6.07, 6.45) is -0.0555. The number of carbonyl (C=O) groups excluding carboxylic acids is 1. The highest BCUT2D eigenvalue weighted by atomic mass is 16.5. The van der Waals surface area contributed by atoms with Gasteiger partial charge in [-0.1, -0.05) is 26.0 Å². The molecule has 0 aliphatic carbocycles. The van der Waals surface area contributed by atoms with E-state index in [0.717, 1.165) is 16.7 Å². The van der Waals surface area contributed by atoms with Gasteiger partial charge in [0.25, 0.3) is 0 Å². The molecule has 1 aromatic carbocycles. The van der Waals surface area contributed by atoms with Crippen molar-refractivity contribution in [3.63, 3.8) is 0 Å². The maximum absolute atomic E-state index is 11.8. The van der Waals surface area contributed by atoms with Crippen LogP contribution in [0.1, 0.15) is 43.9 Å². The molecule has 0 aliphatic rings. The van der Waals surface area contributed by atoms with E-state index in [9.17, 15) is 9.59 Å². The van der Waals surface area contributed by atoms with Crippen molar-refractivity contribution in [1.82, 2.24) is 0 Å². The average molecular weight is 293 g/mol. The molecule has 0 saturated carbocycles. The van der Waals surface area contributed by atoms with Crippen LogP contribution in [0.4, 0.5) is 0 Å². The van der Waals surface area contributed by atoms with Gasteiger partial charge in [-0.3, -0.25) is 4.79 Å². The molecule has 0 unspecified atom stereocenters. The molecule has 0 bridgehead atoms. The molecule has 0 amide bonds. The number of benzene rings is 1. The second kappa shape index (κ2) is 6.26. The Hall–Kier alpha value is -1.88. The topological polar surface area (TPSA) is 89.6 Å². The highest BCUT2D eigenvalue weighted by molar-refractivity contribution is 5.79. The second-order valence-corrected chi connectivity index (χ2v) is 6.07. The quantitative estimate of drug-likeness (QED) is 0.642. The van der Waals surface area contributed by atoms with E-state index in [4.69, 9.17) is 15.6 Å². The van der Waals surface area contributed by atoms with E-state index >= 15 is 0 Å². The molecule has 0 aromatic heterocycles. The van der Waals surface area contributed by atoms with Crippen LogP contribution in [0.15, 0.2) is 12.1 Å². The molecular weight excluding hydrogens is 270 g/mol. The Bertz CT molecular complexity index is 562. The Kier molecular flexibility index (Phi) is 5.12. The Morgan fingerprint density at radius 3 is 2.29 bits per heavy atom. The highest BCUT2D eigenvalue weighted by Gasteiger charge is 2.31. The molecule has 3 N–H and O–H groups in total. The Labute approximate surface area is 125 Å². The predicted molar refractivity (Wildman–Crippen MR) is 80.5 cm³/mol. The molecular formula is C16H23NO4. The third kappa shape index (κ3) is 4.04. The van der Waals surface area contributed by atoms with Gasteiger partial charge in [-0.05, 0) is 31.9 Å². The smallest absolute Gasteiger partial charge is 0.328 e. The number of carboxylic acids is 1. The summed E-state index contributed by atoms with van der Waals surface area (Å²) in [5.74, 6) is -1.01. The molecule has 0 aliphatic heterocycles. The zero-order valence-electron chi connectivity index (χ0n) is 13.2. The number of rotatable bonds is 5. The van der Waals surface area contributed by atoms with Gasteiger partial charge in [0.2, 0.25) is 0 Å². The third-order valence-corrected chi connectivity index (χ3v) is 3.41. The van der Waals surface area contributed by atoms with Crippen LogP contribution in [0.5, 0.6) is 5.75 Å². The molecule has 116 valence electrons. The number of carbonyl (C=O) groups is 2. The summed E-state index contributed by atoms with van der Waals surface area (Å²) in [6, 6.07) is 3.01. The van der Waals surface area contributed by atoms with Gasteiger partial charge in [-0.25, -0.2) is 4.79 Å². The molecule has 1 atom stereocenters. The molecule has 0 fully saturated rings. The maximum atomic E-state index is 11.8. The lowest BCUT2D eigenvalue weighted by Gasteiger charge is -2.28. The Morgan fingerprint density at radius 2 is 1.81 bits per heavy atom. The number of hydrogen-bond acceptors (Lipinski definition) is 4. The van der Waals surface area contributed by atoms with E-state index < -0.39 is 23.4 Å². The van der Waals surface area contributed by atoms with E-state index in [2.05, 4.69) is 0 Å². The zero-order chi connectivity index (χ0) is 16.4. The summed E-state index contributed by atoms with van der Waals surface area (Å²) in [5, 5.41) is 9.10. The van der Waals surface area contributed by atoms with Crippen LogP contribution in [-0.4, -0.2) is 23.1 Å². The zero-order valence-corrected chi connectivity index (χ0v) is 13.2. The lowest BCUT2D eigenvalue weighted by atomic mass is 9.78. The van der Waals surface area contributed by atoms with E-state index in [1.54, 1.807) is 6.92 Å². The van der Waals surface area contributed by atoms with Crippen LogP contribution in [0.25, 0.3) is 0 Å². The summed E-state index contributed by atoms with van der Waals surface area (Å²) in [4.78, 5) is 22.9. The summed E-state index contributed by atoms with van der Waals surface area (Å²) in [6.45, 7) is 8.90. The first kappa shape index (κ1) is 17.2. The standard InChI is InChI=1S/C16H23NO4/c1-9-6-7-10(2)14(21-15(20)11(3)17)13(9)16(4,5)8-12(18)19/h6-7,11H,8,17H2,1-5H3,(H,18,19)/t11-/m0/s1. The highest BCUT2D eigenvalue weighted by Crippen LogP contribution is 2.39. The first-order valence-corrected chi connectivity index (χ1v) is 6.86. The number of ether oxygens (including phenoxy) is 1. The molecule has 1 rings (SSSR count). The number of nitrogens with two attached hydrogens (primary N) is 1. The molecule has 21 heavy (non-hydrogen) atoms. The van der Waals surface area contributed by atoms with Gasteiger partial charge in [0.1, 0.15) is 11.8 Å². The largest absolute Gasteiger partial charge is 0.481 e. The molecule has 0 spiro atoms. The van der Waals surface area contributed by atoms with Crippen molar-refractivity contribution in [3.8, 4) is 5.75 Å². The first-order chi connectivity index (χ1) is 9.56. The van der Waals surface area contributed by atoms with Gasteiger partial charge in [-0.2, -0.15) is 0 Å². The minimum absolute atomic E-state index is 0.0555. The van der Waals surface area contributed by atoms with Crippen LogP contribution in [0.2, 0.25) is 0 Å². The van der Waals surface area contributed by atoms with Crippen LogP contribution < -0.4 is 10.5 Å². The minimum Gasteiger partial charge on any atom is -0.481 e. The molecule has 1 aromatic rings. The average Bonchev–Trinajstić information content (AvgIpc) is 2.31. The summed E-state index contributed by atoms with van der Waals surface area (Å²) < 4.78 is 5.43. The third-order valence-electron chi connectivity index (χ3n) is 3.41. The van der Waals surface area contributed by atoms with Crippen molar-refractivity contribution in [1.29, 1.82) is 0 Å². The van der Waals surface area contributed by atoms with Crippen LogP contribution >= 0.6 is 0 Å². The van der Waals surface area contributed by atoms with Crippen LogP contribution in [0, 0.1) is 13.8 Å². The van der Waals surface area contributed by atoms with E-state index in [1.165, 1.54) is 0 Å². The number of carboxylic acid groups (broad SMARTS) is 1. The fourth-order valence-corrected chi connectivity index (χ4v) is 2.42. The molecule has 5 heteroatoms. The van der Waals surface area contributed by atoms with Crippen molar-refractivity contribution in [2.24, 2.45) is 5.73 Å². The van der Waals surface area contributed by atoms with Gasteiger partial charge >= 0.3 is 11.9 Å². The Morgan fingerprint density at radius 1 is 1.29 bits per heavy atom.